The van der Waals surface area contributed by atoms with E-state index in [1.54, 1.807) is 12.1 Å². The van der Waals surface area contributed by atoms with Gasteiger partial charge in [0.1, 0.15) is 13.2 Å². The van der Waals surface area contributed by atoms with Crippen molar-refractivity contribution in [3.8, 4) is 17.2 Å². The van der Waals surface area contributed by atoms with Crippen LogP contribution in [0.3, 0.4) is 0 Å². The normalized spacial score (nSPS) is 15.9. The fraction of sp³-hybridized carbons (Fsp3) is 0.588. The van der Waals surface area contributed by atoms with Gasteiger partial charge in [-0.15, -0.1) is 0 Å². The van der Waals surface area contributed by atoms with Crippen LogP contribution in [0.5, 0.6) is 17.2 Å². The van der Waals surface area contributed by atoms with Gasteiger partial charge in [0.05, 0.1) is 7.11 Å². The van der Waals surface area contributed by atoms with Crippen molar-refractivity contribution in [2.75, 3.05) is 26.9 Å². The highest BCUT2D eigenvalue weighted by Gasteiger charge is 2.28. The summed E-state index contributed by atoms with van der Waals surface area (Å²) < 4.78 is 16.4. The molecule has 0 fully saturated rings. The first-order chi connectivity index (χ1) is 10.9. The Kier molecular flexibility index (Phi) is 5.36. The van der Waals surface area contributed by atoms with Crippen molar-refractivity contribution in [1.82, 2.24) is 5.32 Å². The van der Waals surface area contributed by atoms with Crippen LogP contribution in [-0.4, -0.2) is 38.3 Å². The number of hydrogen-bond donors (Lipinski definition) is 2. The van der Waals surface area contributed by atoms with E-state index in [4.69, 9.17) is 19.9 Å². The lowest BCUT2D eigenvalue weighted by Crippen LogP contribution is -2.52. The maximum atomic E-state index is 12.6. The fourth-order valence-electron chi connectivity index (χ4n) is 2.84. The number of carbonyl (C=O) groups is 1. The zero-order chi connectivity index (χ0) is 17.0. The Morgan fingerprint density at radius 3 is 2.70 bits per heavy atom. The Hall–Kier alpha value is -1.95. The molecule has 1 aliphatic rings. The minimum atomic E-state index is -0.453. The molecule has 1 aliphatic heterocycles. The highest BCUT2D eigenvalue weighted by molar-refractivity contribution is 5.96. The second kappa shape index (κ2) is 7.08. The lowest BCUT2D eigenvalue weighted by atomic mass is 9.90. The summed E-state index contributed by atoms with van der Waals surface area (Å²) in [5.41, 5.74) is 5.88. The van der Waals surface area contributed by atoms with Gasteiger partial charge in [-0.1, -0.05) is 13.8 Å². The van der Waals surface area contributed by atoms with Crippen molar-refractivity contribution < 1.29 is 19.0 Å². The van der Waals surface area contributed by atoms with Crippen molar-refractivity contribution in [2.24, 2.45) is 11.7 Å². The van der Waals surface area contributed by atoms with Crippen molar-refractivity contribution in [1.29, 1.82) is 0 Å². The number of hydrogen-bond acceptors (Lipinski definition) is 5. The Morgan fingerprint density at radius 1 is 1.39 bits per heavy atom. The average Bonchev–Trinajstić information content (AvgIpc) is 2.52. The summed E-state index contributed by atoms with van der Waals surface area (Å²) >= 11 is 0. The number of nitrogens with two attached hydrogens (primary N) is 1. The lowest BCUT2D eigenvalue weighted by molar-refractivity contribution is 0.0896. The van der Waals surface area contributed by atoms with Crippen LogP contribution in [0.4, 0.5) is 0 Å². The van der Waals surface area contributed by atoms with Crippen molar-refractivity contribution >= 4 is 5.91 Å². The van der Waals surface area contributed by atoms with Crippen LogP contribution in [0.1, 0.15) is 37.6 Å². The molecule has 128 valence electrons. The predicted molar refractivity (Wildman–Crippen MR) is 88.4 cm³/mol. The molecule has 0 saturated carbocycles. The average molecular weight is 322 g/mol. The topological polar surface area (TPSA) is 82.8 Å². The summed E-state index contributed by atoms with van der Waals surface area (Å²) in [6.45, 7) is 7.46. The van der Waals surface area contributed by atoms with E-state index in [-0.39, 0.29) is 5.91 Å². The van der Waals surface area contributed by atoms with Gasteiger partial charge in [0, 0.05) is 17.6 Å². The monoisotopic (exact) mass is 322 g/mol. The largest absolute Gasteiger partial charge is 0.493 e. The molecular formula is C17H26N2O4. The molecule has 1 heterocycles. The molecule has 0 saturated heterocycles. The summed E-state index contributed by atoms with van der Waals surface area (Å²) in [5.74, 6) is 1.79. The smallest absolute Gasteiger partial charge is 0.252 e. The van der Waals surface area contributed by atoms with Gasteiger partial charge in [-0.3, -0.25) is 4.79 Å². The molecule has 6 nitrogen and oxygen atoms in total. The quantitative estimate of drug-likeness (QED) is 0.836. The van der Waals surface area contributed by atoms with Crippen LogP contribution >= 0.6 is 0 Å². The molecule has 0 bridgehead atoms. The summed E-state index contributed by atoms with van der Waals surface area (Å²) in [5, 5.41) is 3.03. The number of nitrogens with one attached hydrogen (secondary N) is 1. The summed E-state index contributed by atoms with van der Waals surface area (Å²) in [7, 11) is 1.54. The SMILES string of the molecule is COc1cc(C(=O)NC(C)(CN)CC(C)C)cc2c1OCCO2. The third-order valence-corrected chi connectivity index (χ3v) is 3.81. The molecule has 6 heteroatoms. The Balaban J connectivity index is 2.25. The van der Waals surface area contributed by atoms with E-state index >= 15 is 0 Å². The highest BCUT2D eigenvalue weighted by Crippen LogP contribution is 2.40. The minimum Gasteiger partial charge on any atom is -0.493 e. The third-order valence-electron chi connectivity index (χ3n) is 3.81. The third kappa shape index (κ3) is 4.07. The van der Waals surface area contributed by atoms with E-state index in [2.05, 4.69) is 19.2 Å². The van der Waals surface area contributed by atoms with Crippen LogP contribution in [0.2, 0.25) is 0 Å². The first kappa shape index (κ1) is 17.4. The molecule has 23 heavy (non-hydrogen) atoms. The van der Waals surface area contributed by atoms with Crippen molar-refractivity contribution in [2.45, 2.75) is 32.7 Å². The van der Waals surface area contributed by atoms with Crippen molar-refractivity contribution in [3.05, 3.63) is 17.7 Å². The van der Waals surface area contributed by atoms with Crippen molar-refractivity contribution in [3.63, 3.8) is 0 Å². The first-order valence-corrected chi connectivity index (χ1v) is 7.89. The molecule has 1 amide bonds. The van der Waals surface area contributed by atoms with Crippen LogP contribution < -0.4 is 25.3 Å². The molecule has 3 N–H and O–H groups in total. The number of amides is 1. The van der Waals surface area contributed by atoms with Crippen LogP contribution in [-0.2, 0) is 0 Å². The summed E-state index contributed by atoms with van der Waals surface area (Å²) in [6.07, 6.45) is 0.803. The number of rotatable bonds is 6. The van der Waals surface area contributed by atoms with Gasteiger partial charge >= 0.3 is 0 Å². The number of ether oxygens (including phenoxy) is 3. The second-order valence-electron chi connectivity index (χ2n) is 6.52. The molecular weight excluding hydrogens is 296 g/mol. The molecule has 0 aliphatic carbocycles. The maximum Gasteiger partial charge on any atom is 0.252 e. The summed E-state index contributed by atoms with van der Waals surface area (Å²) in [6, 6.07) is 3.34. The van der Waals surface area contributed by atoms with Crippen LogP contribution in [0, 0.1) is 5.92 Å². The van der Waals surface area contributed by atoms with E-state index in [9.17, 15) is 4.79 Å². The molecule has 1 aromatic rings. The van der Waals surface area contributed by atoms with Gasteiger partial charge in [-0.05, 0) is 31.4 Å². The zero-order valence-corrected chi connectivity index (χ0v) is 14.3. The van der Waals surface area contributed by atoms with Crippen LogP contribution in [0.15, 0.2) is 12.1 Å². The molecule has 1 unspecified atom stereocenters. The van der Waals surface area contributed by atoms with Gasteiger partial charge in [0.15, 0.2) is 11.5 Å². The van der Waals surface area contributed by atoms with E-state index < -0.39 is 5.54 Å². The van der Waals surface area contributed by atoms with Crippen LogP contribution in [0.25, 0.3) is 0 Å². The molecule has 0 aromatic heterocycles. The molecule has 0 radical (unpaired) electrons. The number of benzene rings is 1. The molecule has 0 spiro atoms. The van der Waals surface area contributed by atoms with Gasteiger partial charge in [0.2, 0.25) is 5.75 Å². The van der Waals surface area contributed by atoms with E-state index in [0.717, 1.165) is 6.42 Å². The molecule has 1 atom stereocenters. The molecule has 2 rings (SSSR count). The Morgan fingerprint density at radius 2 is 2.09 bits per heavy atom. The van der Waals surface area contributed by atoms with Gasteiger partial charge in [0.25, 0.3) is 5.91 Å². The Bertz CT molecular complexity index is 557. The maximum absolute atomic E-state index is 12.6. The predicted octanol–water partition coefficient (Wildman–Crippen LogP) is 1.96. The highest BCUT2D eigenvalue weighted by atomic mass is 16.6. The van der Waals surface area contributed by atoms with E-state index in [1.807, 2.05) is 6.92 Å². The fourth-order valence-corrected chi connectivity index (χ4v) is 2.84. The molecule has 1 aromatic carbocycles. The van der Waals surface area contributed by atoms with Gasteiger partial charge in [-0.25, -0.2) is 0 Å². The number of methoxy groups -OCH3 is 1. The standard InChI is InChI=1S/C17H26N2O4/c1-11(2)9-17(3,10-18)19-16(20)12-7-13(21-4)15-14(8-12)22-5-6-23-15/h7-8,11H,5-6,9-10,18H2,1-4H3,(H,19,20). The number of fused-ring (bicyclic) bond motifs is 1. The zero-order valence-electron chi connectivity index (χ0n) is 14.3. The van der Waals surface area contributed by atoms with Gasteiger partial charge in [-0.2, -0.15) is 0 Å². The van der Waals surface area contributed by atoms with E-state index in [0.29, 0.717) is 48.5 Å². The first-order valence-electron chi connectivity index (χ1n) is 7.89. The lowest BCUT2D eigenvalue weighted by Gasteiger charge is -2.31. The minimum absolute atomic E-state index is 0.200. The van der Waals surface area contributed by atoms with E-state index in [1.165, 1.54) is 7.11 Å². The Labute approximate surface area is 137 Å². The summed E-state index contributed by atoms with van der Waals surface area (Å²) in [4.78, 5) is 12.6. The second-order valence-corrected chi connectivity index (χ2v) is 6.52. The number of carbonyl (C=O) groups excluding carboxylic acids is 1. The van der Waals surface area contributed by atoms with Gasteiger partial charge < -0.3 is 25.3 Å².